The number of aromatic nitrogens is 2. The van der Waals surface area contributed by atoms with Crippen molar-refractivity contribution >= 4 is 12.1 Å². The van der Waals surface area contributed by atoms with Gasteiger partial charge in [-0.2, -0.15) is 14.6 Å². The van der Waals surface area contributed by atoms with E-state index >= 15 is 0 Å². The Balaban J connectivity index is 1.55. The van der Waals surface area contributed by atoms with Crippen LogP contribution in [0.1, 0.15) is 30.4 Å². The molecule has 1 saturated carbocycles. The number of benzene rings is 1. The van der Waals surface area contributed by atoms with Crippen LogP contribution in [0.4, 0.5) is 4.39 Å². The predicted octanol–water partition coefficient (Wildman–Crippen LogP) is 2.30. The molecule has 2 aromatic rings. The molecule has 0 aliphatic heterocycles. The third-order valence-corrected chi connectivity index (χ3v) is 3.83. The lowest BCUT2D eigenvalue weighted by atomic mass is 10.1. The maximum atomic E-state index is 13.7. The molecule has 1 aliphatic rings. The summed E-state index contributed by atoms with van der Waals surface area (Å²) in [6.45, 7) is 2.25. The molecule has 114 valence electrons. The molecule has 2 atom stereocenters. The molecule has 0 saturated heterocycles. The highest BCUT2D eigenvalue weighted by atomic mass is 19.1. The minimum absolute atomic E-state index is 0.0530. The number of hydrogen-bond acceptors (Lipinski definition) is 3. The summed E-state index contributed by atoms with van der Waals surface area (Å²) < 4.78 is 14.9. The van der Waals surface area contributed by atoms with Crippen LogP contribution >= 0.6 is 0 Å². The zero-order valence-corrected chi connectivity index (χ0v) is 12.2. The van der Waals surface area contributed by atoms with E-state index in [-0.39, 0.29) is 23.3 Å². The van der Waals surface area contributed by atoms with Gasteiger partial charge in [0.2, 0.25) is 11.9 Å². The average molecular weight is 300 g/mol. The topological polar surface area (TPSA) is 59.3 Å². The lowest BCUT2D eigenvalue weighted by Crippen LogP contribution is -2.20. The van der Waals surface area contributed by atoms with Crippen molar-refractivity contribution in [2.24, 2.45) is 11.0 Å². The van der Waals surface area contributed by atoms with Gasteiger partial charge >= 0.3 is 0 Å². The molecule has 0 unspecified atom stereocenters. The molecule has 6 heteroatoms. The highest BCUT2D eigenvalue weighted by Crippen LogP contribution is 2.47. The van der Waals surface area contributed by atoms with Gasteiger partial charge in [-0.15, -0.1) is 0 Å². The first-order valence-electron chi connectivity index (χ1n) is 7.30. The number of hydrazone groups is 1. The Labute approximate surface area is 127 Å². The average Bonchev–Trinajstić information content (AvgIpc) is 3.28. The molecule has 22 heavy (non-hydrogen) atoms. The molecular formula is C16H17FN4O. The van der Waals surface area contributed by atoms with E-state index < -0.39 is 5.95 Å². The van der Waals surface area contributed by atoms with Crippen LogP contribution in [-0.2, 0) is 11.3 Å². The molecule has 3 rings (SSSR count). The van der Waals surface area contributed by atoms with Crippen LogP contribution in [0, 0.1) is 11.9 Å². The zero-order chi connectivity index (χ0) is 15.5. The van der Waals surface area contributed by atoms with Gasteiger partial charge in [0.05, 0.1) is 18.0 Å². The van der Waals surface area contributed by atoms with E-state index in [1.54, 1.807) is 6.92 Å². The molecule has 1 aromatic carbocycles. The van der Waals surface area contributed by atoms with Crippen LogP contribution in [0.3, 0.4) is 0 Å². The number of nitrogens with one attached hydrogen (secondary N) is 1. The van der Waals surface area contributed by atoms with Gasteiger partial charge in [-0.05, 0) is 24.8 Å². The molecule has 5 nitrogen and oxygen atoms in total. The number of hydrogen-bond donors (Lipinski definition) is 1. The van der Waals surface area contributed by atoms with Crippen LogP contribution in [0.5, 0.6) is 0 Å². The summed E-state index contributed by atoms with van der Waals surface area (Å²) in [5, 5.41) is 7.69. The summed E-state index contributed by atoms with van der Waals surface area (Å²) >= 11 is 0. The maximum absolute atomic E-state index is 13.7. The van der Waals surface area contributed by atoms with Crippen molar-refractivity contribution in [1.29, 1.82) is 0 Å². The molecule has 1 aliphatic carbocycles. The first-order chi connectivity index (χ1) is 10.7. The number of nitrogens with zero attached hydrogens (tertiary/aromatic N) is 3. The van der Waals surface area contributed by atoms with Crippen molar-refractivity contribution in [2.75, 3.05) is 0 Å². The third kappa shape index (κ3) is 2.90. The van der Waals surface area contributed by atoms with E-state index in [2.05, 4.69) is 15.6 Å². The molecule has 1 fully saturated rings. The van der Waals surface area contributed by atoms with E-state index in [1.807, 2.05) is 30.3 Å². The van der Waals surface area contributed by atoms with Gasteiger partial charge in [0.15, 0.2) is 0 Å². The van der Waals surface area contributed by atoms with E-state index in [0.29, 0.717) is 6.54 Å². The quantitative estimate of drug-likeness (QED) is 0.680. The number of rotatable bonds is 5. The number of amides is 1. The predicted molar refractivity (Wildman–Crippen MR) is 80.9 cm³/mol. The molecule has 1 N–H and O–H groups in total. The SMILES string of the molecule is CCn1ncc(/C=N\NC(=O)[C@H]2C[C@H]2c2ccccc2)c1F. The Morgan fingerprint density at radius 3 is 2.95 bits per heavy atom. The minimum atomic E-state index is -0.450. The van der Waals surface area contributed by atoms with Crippen LogP contribution in [0.25, 0.3) is 0 Å². The first kappa shape index (κ1) is 14.4. The molecule has 1 heterocycles. The van der Waals surface area contributed by atoms with Crippen molar-refractivity contribution in [3.8, 4) is 0 Å². The number of aryl methyl sites for hydroxylation is 1. The Hall–Kier alpha value is -2.50. The monoisotopic (exact) mass is 300 g/mol. The second kappa shape index (κ2) is 6.09. The number of carbonyl (C=O) groups excluding carboxylic acids is 1. The minimum Gasteiger partial charge on any atom is -0.273 e. The summed E-state index contributed by atoms with van der Waals surface area (Å²) in [5.74, 6) is -0.374. The largest absolute Gasteiger partial charge is 0.273 e. The maximum Gasteiger partial charge on any atom is 0.243 e. The number of carbonyl (C=O) groups is 1. The lowest BCUT2D eigenvalue weighted by molar-refractivity contribution is -0.122. The Morgan fingerprint density at radius 1 is 1.50 bits per heavy atom. The van der Waals surface area contributed by atoms with E-state index in [9.17, 15) is 9.18 Å². The van der Waals surface area contributed by atoms with Gasteiger partial charge in [-0.25, -0.2) is 10.1 Å². The van der Waals surface area contributed by atoms with Crippen molar-refractivity contribution in [3.05, 3.63) is 53.6 Å². The van der Waals surface area contributed by atoms with Gasteiger partial charge in [-0.1, -0.05) is 30.3 Å². The fourth-order valence-corrected chi connectivity index (χ4v) is 2.49. The second-order valence-corrected chi connectivity index (χ2v) is 5.30. The summed E-state index contributed by atoms with van der Waals surface area (Å²) in [4.78, 5) is 12.0. The fourth-order valence-electron chi connectivity index (χ4n) is 2.49. The summed E-state index contributed by atoms with van der Waals surface area (Å²) in [6.07, 6.45) is 3.50. The van der Waals surface area contributed by atoms with Gasteiger partial charge < -0.3 is 0 Å². The van der Waals surface area contributed by atoms with Crippen molar-refractivity contribution < 1.29 is 9.18 Å². The van der Waals surface area contributed by atoms with Gasteiger partial charge in [0.25, 0.3) is 0 Å². The van der Waals surface area contributed by atoms with Crippen molar-refractivity contribution in [2.45, 2.75) is 25.8 Å². The molecule has 1 amide bonds. The van der Waals surface area contributed by atoms with Crippen molar-refractivity contribution in [1.82, 2.24) is 15.2 Å². The fraction of sp³-hybridized carbons (Fsp3) is 0.312. The van der Waals surface area contributed by atoms with Gasteiger partial charge in [0, 0.05) is 12.5 Å². The lowest BCUT2D eigenvalue weighted by Gasteiger charge is -1.99. The highest BCUT2D eigenvalue weighted by Gasteiger charge is 2.43. The van der Waals surface area contributed by atoms with E-state index in [1.165, 1.54) is 22.7 Å². The van der Waals surface area contributed by atoms with Crippen LogP contribution in [-0.4, -0.2) is 21.9 Å². The zero-order valence-electron chi connectivity index (χ0n) is 12.2. The smallest absolute Gasteiger partial charge is 0.243 e. The standard InChI is InChI=1S/C16H17FN4O/c1-2-21-15(17)12(10-19-21)9-18-20-16(22)14-8-13(14)11-6-4-3-5-7-11/h3-7,9-10,13-14H,2,8H2,1H3,(H,20,22)/b18-9-/t13-,14-/m0/s1. The van der Waals surface area contributed by atoms with E-state index in [0.717, 1.165) is 6.42 Å². The summed E-state index contributed by atoms with van der Waals surface area (Å²) in [7, 11) is 0. The summed E-state index contributed by atoms with van der Waals surface area (Å²) in [6, 6.07) is 9.94. The third-order valence-electron chi connectivity index (χ3n) is 3.83. The number of halogens is 1. The molecule has 0 radical (unpaired) electrons. The Kier molecular flexibility index (Phi) is 4.00. The van der Waals surface area contributed by atoms with Crippen LogP contribution in [0.2, 0.25) is 0 Å². The highest BCUT2D eigenvalue weighted by molar-refractivity contribution is 5.85. The summed E-state index contributed by atoms with van der Waals surface area (Å²) in [5.41, 5.74) is 3.90. The molecule has 0 bridgehead atoms. The van der Waals surface area contributed by atoms with Crippen LogP contribution in [0.15, 0.2) is 41.6 Å². The Bertz CT molecular complexity index is 695. The first-order valence-corrected chi connectivity index (χ1v) is 7.30. The normalized spacial score (nSPS) is 20.3. The van der Waals surface area contributed by atoms with Gasteiger partial charge in [-0.3, -0.25) is 4.79 Å². The Morgan fingerprint density at radius 2 is 2.27 bits per heavy atom. The molecule has 0 spiro atoms. The van der Waals surface area contributed by atoms with Crippen LogP contribution < -0.4 is 5.43 Å². The molecule has 1 aromatic heterocycles. The van der Waals surface area contributed by atoms with Gasteiger partial charge in [0.1, 0.15) is 0 Å². The van der Waals surface area contributed by atoms with Crippen molar-refractivity contribution in [3.63, 3.8) is 0 Å². The second-order valence-electron chi connectivity index (χ2n) is 5.30. The van der Waals surface area contributed by atoms with E-state index in [4.69, 9.17) is 0 Å². The molecular weight excluding hydrogens is 283 g/mol.